The maximum absolute atomic E-state index is 9.10. The van der Waals surface area contributed by atoms with Crippen LogP contribution < -0.4 is 9.79 Å². The summed E-state index contributed by atoms with van der Waals surface area (Å²) < 4.78 is 28.8. The van der Waals surface area contributed by atoms with Crippen LogP contribution in [0.1, 0.15) is 27.7 Å². The van der Waals surface area contributed by atoms with E-state index in [4.69, 9.17) is 29.5 Å². The summed E-state index contributed by atoms with van der Waals surface area (Å²) >= 11 is -0.356. The van der Waals surface area contributed by atoms with Crippen molar-refractivity contribution >= 4 is 39.4 Å². The van der Waals surface area contributed by atoms with Gasteiger partial charge in [-0.05, 0) is 6.66 Å². The first-order valence-corrected chi connectivity index (χ1v) is 9.80. The molecule has 0 spiro atoms. The molecular weight excluding hydrogens is 305 g/mol. The van der Waals surface area contributed by atoms with Crippen LogP contribution in [0.5, 0.6) is 0 Å². The third-order valence-electron chi connectivity index (χ3n) is 0.939. The van der Waals surface area contributed by atoms with Gasteiger partial charge in [-0.2, -0.15) is 0 Å². The Kier molecular flexibility index (Phi) is 28.1. The summed E-state index contributed by atoms with van der Waals surface area (Å²) in [6.07, 6.45) is 0. The Bertz CT molecular complexity index is 165. The van der Waals surface area contributed by atoms with Crippen LogP contribution in [-0.4, -0.2) is 64.9 Å². The van der Waals surface area contributed by atoms with Gasteiger partial charge in [0.2, 0.25) is 0 Å². The fourth-order valence-corrected chi connectivity index (χ4v) is 1.11. The van der Waals surface area contributed by atoms with Crippen LogP contribution in [0.2, 0.25) is 0 Å². The van der Waals surface area contributed by atoms with E-state index in [-0.39, 0.29) is 31.8 Å². The Morgan fingerprint density at radius 1 is 0.789 bits per heavy atom. The summed E-state index contributed by atoms with van der Waals surface area (Å²) in [6.45, 7) is 11.6. The number of hydrogen-bond donors (Lipinski definition) is 0. The van der Waals surface area contributed by atoms with E-state index in [9.17, 15) is 0 Å². The summed E-state index contributed by atoms with van der Waals surface area (Å²) in [4.78, 5) is 18.2. The van der Waals surface area contributed by atoms with E-state index in [1.54, 1.807) is 0 Å². The first kappa shape index (κ1) is 25.0. The Labute approximate surface area is 129 Å². The molecule has 0 saturated heterocycles. The van der Waals surface area contributed by atoms with Gasteiger partial charge in [0.25, 0.3) is 0 Å². The standard InChI is InChI=1S/4C2H5O.CH5O3P.2Al/c4*1-2-3;1-5(2,3)4;;/h4*2H2,1H3;1H3,(H2,2,3,4);;/q4*-1;;2*+3/p-2. The molecule has 0 aromatic heterocycles. The summed E-state index contributed by atoms with van der Waals surface area (Å²) in [7, 11) is -4.14. The normalized spacial score (nSPS) is 9.21. The zero-order valence-electron chi connectivity index (χ0n) is 12.3. The van der Waals surface area contributed by atoms with E-state index in [1.165, 1.54) is 0 Å². The van der Waals surface area contributed by atoms with Crippen molar-refractivity contribution < 1.29 is 29.5 Å². The summed E-state index contributed by atoms with van der Waals surface area (Å²) in [5.41, 5.74) is 0. The maximum Gasteiger partial charge on any atom is -0.0369 e. The fraction of sp³-hybridized carbons (Fsp3) is 1.00. The Hall–Kier alpha value is 1.05. The second kappa shape index (κ2) is 21.4. The van der Waals surface area contributed by atoms with Crippen molar-refractivity contribution in [3.8, 4) is 0 Å². The average Bonchev–Trinajstić information content (AvgIpc) is 2.29. The predicted molar refractivity (Wildman–Crippen MR) is 71.5 cm³/mol. The molecule has 0 aromatic carbocycles. The SMILES string of the molecule is CC[O][Al+][O]CC.CC[O][Al+][O]CC.CP(=O)([O-])[O-]. The van der Waals surface area contributed by atoms with Crippen molar-refractivity contribution in [3.05, 3.63) is 0 Å². The largest absolute Gasteiger partial charge is 0.811 e. The Balaban J connectivity index is -0.000000206. The smallest absolute Gasteiger partial charge is 0.0369 e. The van der Waals surface area contributed by atoms with Gasteiger partial charge in [0.1, 0.15) is 0 Å². The Morgan fingerprint density at radius 3 is 1.05 bits per heavy atom. The van der Waals surface area contributed by atoms with E-state index in [1.807, 2.05) is 27.7 Å². The third kappa shape index (κ3) is 67.6. The minimum absolute atomic E-state index is 0.178. The molecule has 112 valence electrons. The molecule has 0 aliphatic heterocycles. The van der Waals surface area contributed by atoms with Crippen LogP contribution in [0.25, 0.3) is 0 Å². The van der Waals surface area contributed by atoms with E-state index in [0.29, 0.717) is 6.66 Å². The quantitative estimate of drug-likeness (QED) is 0.343. The van der Waals surface area contributed by atoms with Gasteiger partial charge >= 0.3 is 101 Å². The molecule has 0 fully saturated rings. The molecule has 0 aliphatic carbocycles. The molecular formula is C9H23Al2O7P. The van der Waals surface area contributed by atoms with Crippen LogP contribution in [0, 0.1) is 0 Å². The van der Waals surface area contributed by atoms with Gasteiger partial charge in [0.15, 0.2) is 0 Å². The molecule has 0 saturated carbocycles. The van der Waals surface area contributed by atoms with Crippen molar-refractivity contribution in [3.63, 3.8) is 0 Å². The number of rotatable bonds is 8. The van der Waals surface area contributed by atoms with Gasteiger partial charge in [0, 0.05) is 0 Å². The fourth-order valence-electron chi connectivity index (χ4n) is 0.368. The summed E-state index contributed by atoms with van der Waals surface area (Å²) in [6, 6.07) is 0. The minimum Gasteiger partial charge on any atom is -0.811 e. The second-order valence-electron chi connectivity index (χ2n) is 2.79. The van der Waals surface area contributed by atoms with Crippen molar-refractivity contribution in [2.24, 2.45) is 0 Å². The predicted octanol–water partition coefficient (Wildman–Crippen LogP) is -0.283. The molecule has 0 aromatic rings. The van der Waals surface area contributed by atoms with Crippen LogP contribution in [0.15, 0.2) is 0 Å². The summed E-state index contributed by atoms with van der Waals surface area (Å²) in [5, 5.41) is 0. The molecule has 0 rings (SSSR count). The number of hydrogen-bond acceptors (Lipinski definition) is 7. The zero-order chi connectivity index (χ0) is 15.6. The molecule has 0 atom stereocenters. The first-order chi connectivity index (χ1) is 8.83. The first-order valence-electron chi connectivity index (χ1n) is 5.92. The van der Waals surface area contributed by atoms with Gasteiger partial charge in [0.05, 0.1) is 0 Å². The van der Waals surface area contributed by atoms with Gasteiger partial charge in [-0.15, -0.1) is 0 Å². The van der Waals surface area contributed by atoms with Gasteiger partial charge in [-0.25, -0.2) is 0 Å². The van der Waals surface area contributed by atoms with Crippen LogP contribution in [0.4, 0.5) is 0 Å². The molecule has 0 bridgehead atoms. The van der Waals surface area contributed by atoms with E-state index in [0.717, 1.165) is 26.4 Å². The van der Waals surface area contributed by atoms with E-state index in [2.05, 4.69) is 0 Å². The molecule has 19 heavy (non-hydrogen) atoms. The Morgan fingerprint density at radius 2 is 0.947 bits per heavy atom. The van der Waals surface area contributed by atoms with Gasteiger partial charge < -0.3 is 14.4 Å². The molecule has 0 radical (unpaired) electrons. The van der Waals surface area contributed by atoms with Crippen LogP contribution in [0.3, 0.4) is 0 Å². The molecule has 0 heterocycles. The van der Waals surface area contributed by atoms with Crippen molar-refractivity contribution in [1.82, 2.24) is 0 Å². The van der Waals surface area contributed by atoms with Gasteiger partial charge in [-0.1, -0.05) is 7.60 Å². The van der Waals surface area contributed by atoms with E-state index >= 15 is 0 Å². The van der Waals surface area contributed by atoms with Crippen LogP contribution >= 0.6 is 7.60 Å². The van der Waals surface area contributed by atoms with Crippen molar-refractivity contribution in [1.29, 1.82) is 0 Å². The molecule has 7 nitrogen and oxygen atoms in total. The topological polar surface area (TPSA) is 100 Å². The summed E-state index contributed by atoms with van der Waals surface area (Å²) in [5.74, 6) is 0. The third-order valence-corrected chi connectivity index (χ3v) is 2.82. The zero-order valence-corrected chi connectivity index (χ0v) is 15.5. The van der Waals surface area contributed by atoms with Crippen molar-refractivity contribution in [2.75, 3.05) is 33.1 Å². The minimum atomic E-state index is -4.14. The van der Waals surface area contributed by atoms with Crippen LogP contribution in [-0.2, 0) is 19.7 Å². The molecule has 0 unspecified atom stereocenters. The van der Waals surface area contributed by atoms with Gasteiger partial charge in [-0.3, -0.25) is 0 Å². The monoisotopic (exact) mass is 328 g/mol. The van der Waals surface area contributed by atoms with Crippen molar-refractivity contribution in [2.45, 2.75) is 27.7 Å². The maximum atomic E-state index is 9.10. The molecule has 0 N–H and O–H groups in total. The molecule has 0 amide bonds. The molecule has 0 aliphatic rings. The molecule has 10 heteroatoms. The van der Waals surface area contributed by atoms with E-state index < -0.39 is 7.60 Å². The average molecular weight is 328 g/mol. The second-order valence-corrected chi connectivity index (χ2v) is 6.05.